The summed E-state index contributed by atoms with van der Waals surface area (Å²) in [4.78, 5) is 16.1. The van der Waals surface area contributed by atoms with E-state index in [0.29, 0.717) is 12.1 Å². The van der Waals surface area contributed by atoms with Gasteiger partial charge in [-0.15, -0.1) is 0 Å². The van der Waals surface area contributed by atoms with Gasteiger partial charge in [0.1, 0.15) is 0 Å². The first-order valence-electron chi connectivity index (χ1n) is 6.14. The summed E-state index contributed by atoms with van der Waals surface area (Å²) < 4.78 is 0. The molecule has 1 unspecified atom stereocenters. The molecular formula is C15H17N3O. The molecule has 3 N–H and O–H groups in total. The van der Waals surface area contributed by atoms with Gasteiger partial charge in [0.25, 0.3) is 5.91 Å². The number of carbonyl (C=O) groups excluding carboxylic acids is 1. The van der Waals surface area contributed by atoms with E-state index in [4.69, 9.17) is 5.73 Å². The van der Waals surface area contributed by atoms with Crippen LogP contribution < -0.4 is 11.1 Å². The lowest BCUT2D eigenvalue weighted by molar-refractivity contribution is 0.0907. The number of nitrogens with one attached hydrogen (secondary N) is 1. The van der Waals surface area contributed by atoms with Crippen molar-refractivity contribution in [2.45, 2.75) is 12.5 Å². The van der Waals surface area contributed by atoms with Crippen molar-refractivity contribution >= 4 is 5.91 Å². The lowest BCUT2D eigenvalue weighted by Gasteiger charge is -2.30. The lowest BCUT2D eigenvalue weighted by Crippen LogP contribution is -2.48. The lowest BCUT2D eigenvalue weighted by atomic mass is 9.92. The van der Waals surface area contributed by atoms with Crippen molar-refractivity contribution in [2.75, 3.05) is 6.54 Å². The highest BCUT2D eigenvalue weighted by molar-refractivity contribution is 5.94. The van der Waals surface area contributed by atoms with Gasteiger partial charge in [0.15, 0.2) is 0 Å². The van der Waals surface area contributed by atoms with E-state index in [2.05, 4.69) is 10.3 Å². The first-order chi connectivity index (χ1) is 9.15. The van der Waals surface area contributed by atoms with Crippen LogP contribution in [0.4, 0.5) is 0 Å². The number of amides is 1. The van der Waals surface area contributed by atoms with Crippen molar-refractivity contribution in [3.63, 3.8) is 0 Å². The summed E-state index contributed by atoms with van der Waals surface area (Å²) in [6.07, 6.45) is 3.17. The third-order valence-electron chi connectivity index (χ3n) is 3.13. The second kappa shape index (κ2) is 5.63. The molecule has 0 aliphatic rings. The Morgan fingerprint density at radius 2 is 2.00 bits per heavy atom. The fourth-order valence-electron chi connectivity index (χ4n) is 1.87. The van der Waals surface area contributed by atoms with Crippen molar-refractivity contribution < 1.29 is 4.79 Å². The van der Waals surface area contributed by atoms with Crippen molar-refractivity contribution in [2.24, 2.45) is 5.73 Å². The fraction of sp³-hybridized carbons (Fsp3) is 0.200. The van der Waals surface area contributed by atoms with Gasteiger partial charge in [-0.25, -0.2) is 0 Å². The average molecular weight is 255 g/mol. The van der Waals surface area contributed by atoms with Gasteiger partial charge in [-0.3, -0.25) is 9.78 Å². The van der Waals surface area contributed by atoms with Gasteiger partial charge in [0, 0.05) is 18.9 Å². The number of benzene rings is 1. The molecule has 1 atom stereocenters. The monoisotopic (exact) mass is 255 g/mol. The van der Waals surface area contributed by atoms with E-state index in [-0.39, 0.29) is 5.91 Å². The number of pyridine rings is 1. The molecule has 0 saturated heterocycles. The highest BCUT2D eigenvalue weighted by Gasteiger charge is 2.27. The van der Waals surface area contributed by atoms with Gasteiger partial charge >= 0.3 is 0 Å². The number of nitrogens with zero attached hydrogens (tertiary/aromatic N) is 1. The molecule has 4 heteroatoms. The molecule has 0 bridgehead atoms. The van der Waals surface area contributed by atoms with Gasteiger partial charge in [0.05, 0.1) is 11.1 Å². The van der Waals surface area contributed by atoms with E-state index in [1.807, 2.05) is 37.3 Å². The number of nitrogens with two attached hydrogens (primary N) is 1. The SMILES string of the molecule is CC(CN)(NC(=O)c1cccnc1)c1ccccc1. The Labute approximate surface area is 112 Å². The second-order valence-corrected chi connectivity index (χ2v) is 4.60. The molecule has 1 amide bonds. The molecular weight excluding hydrogens is 238 g/mol. The molecule has 19 heavy (non-hydrogen) atoms. The molecule has 1 aromatic heterocycles. The normalized spacial score (nSPS) is 13.6. The Bertz CT molecular complexity index is 542. The molecule has 0 radical (unpaired) electrons. The molecule has 98 valence electrons. The van der Waals surface area contributed by atoms with Crippen LogP contribution in [0.25, 0.3) is 0 Å². The van der Waals surface area contributed by atoms with Gasteiger partial charge in [-0.05, 0) is 24.6 Å². The summed E-state index contributed by atoms with van der Waals surface area (Å²) >= 11 is 0. The van der Waals surface area contributed by atoms with Crippen molar-refractivity contribution in [3.05, 3.63) is 66.0 Å². The van der Waals surface area contributed by atoms with Crippen LogP contribution >= 0.6 is 0 Å². The zero-order valence-corrected chi connectivity index (χ0v) is 10.8. The highest BCUT2D eigenvalue weighted by Crippen LogP contribution is 2.19. The van der Waals surface area contributed by atoms with Crippen molar-refractivity contribution in [1.29, 1.82) is 0 Å². The van der Waals surface area contributed by atoms with E-state index in [1.54, 1.807) is 18.3 Å². The molecule has 0 saturated carbocycles. The molecule has 4 nitrogen and oxygen atoms in total. The number of rotatable bonds is 4. The number of hydrogen-bond acceptors (Lipinski definition) is 3. The molecule has 2 aromatic rings. The largest absolute Gasteiger partial charge is 0.341 e. The Balaban J connectivity index is 2.22. The Morgan fingerprint density at radius 1 is 1.26 bits per heavy atom. The molecule has 0 spiro atoms. The van der Waals surface area contributed by atoms with E-state index in [0.717, 1.165) is 5.56 Å². The summed E-state index contributed by atoms with van der Waals surface area (Å²) in [7, 11) is 0. The molecule has 0 aliphatic heterocycles. The van der Waals surface area contributed by atoms with Gasteiger partial charge in [-0.2, -0.15) is 0 Å². The summed E-state index contributed by atoms with van der Waals surface area (Å²) in [5, 5.41) is 2.97. The van der Waals surface area contributed by atoms with Crippen LogP contribution in [0.3, 0.4) is 0 Å². The molecule has 2 rings (SSSR count). The van der Waals surface area contributed by atoms with Crippen LogP contribution in [0.15, 0.2) is 54.9 Å². The molecule has 1 aromatic carbocycles. The summed E-state index contributed by atoms with van der Waals surface area (Å²) in [5.41, 5.74) is 6.75. The molecule has 0 fully saturated rings. The molecule has 0 aliphatic carbocycles. The van der Waals surface area contributed by atoms with Crippen molar-refractivity contribution in [3.8, 4) is 0 Å². The summed E-state index contributed by atoms with van der Waals surface area (Å²) in [6.45, 7) is 2.24. The van der Waals surface area contributed by atoms with Gasteiger partial charge < -0.3 is 11.1 Å². The van der Waals surface area contributed by atoms with Crippen LogP contribution in [0, 0.1) is 0 Å². The Morgan fingerprint density at radius 3 is 2.58 bits per heavy atom. The standard InChI is InChI=1S/C15H17N3O/c1-15(11-16,13-7-3-2-4-8-13)18-14(19)12-6-5-9-17-10-12/h2-10H,11,16H2,1H3,(H,18,19). The summed E-state index contributed by atoms with van der Waals surface area (Å²) in [5.74, 6) is -0.176. The molecule has 1 heterocycles. The van der Waals surface area contributed by atoms with E-state index < -0.39 is 5.54 Å². The quantitative estimate of drug-likeness (QED) is 0.873. The highest BCUT2D eigenvalue weighted by atomic mass is 16.1. The maximum Gasteiger partial charge on any atom is 0.253 e. The van der Waals surface area contributed by atoms with Crippen LogP contribution in [0.1, 0.15) is 22.8 Å². The minimum Gasteiger partial charge on any atom is -0.341 e. The smallest absolute Gasteiger partial charge is 0.253 e. The van der Waals surface area contributed by atoms with Crippen molar-refractivity contribution in [1.82, 2.24) is 10.3 Å². The van der Waals surface area contributed by atoms with Crippen LogP contribution in [0.5, 0.6) is 0 Å². The maximum absolute atomic E-state index is 12.2. The Hall–Kier alpha value is -2.20. The second-order valence-electron chi connectivity index (χ2n) is 4.60. The van der Waals surface area contributed by atoms with Crippen LogP contribution in [0.2, 0.25) is 0 Å². The predicted octanol–water partition coefficient (Wildman–Crippen LogP) is 1.69. The topological polar surface area (TPSA) is 68.0 Å². The number of hydrogen-bond donors (Lipinski definition) is 2. The number of aromatic nitrogens is 1. The van der Waals surface area contributed by atoms with E-state index in [9.17, 15) is 4.79 Å². The predicted molar refractivity (Wildman–Crippen MR) is 74.6 cm³/mol. The number of carbonyl (C=O) groups is 1. The summed E-state index contributed by atoms with van der Waals surface area (Å²) in [6, 6.07) is 13.2. The zero-order chi connectivity index (χ0) is 13.7. The first kappa shape index (κ1) is 13.2. The van der Waals surface area contributed by atoms with Crippen LogP contribution in [-0.4, -0.2) is 17.4 Å². The van der Waals surface area contributed by atoms with Gasteiger partial charge in [-0.1, -0.05) is 30.3 Å². The Kier molecular flexibility index (Phi) is 3.92. The van der Waals surface area contributed by atoms with E-state index in [1.165, 1.54) is 6.20 Å². The zero-order valence-electron chi connectivity index (χ0n) is 10.8. The fourth-order valence-corrected chi connectivity index (χ4v) is 1.87. The van der Waals surface area contributed by atoms with Crippen LogP contribution in [-0.2, 0) is 5.54 Å². The van der Waals surface area contributed by atoms with Gasteiger partial charge in [0.2, 0.25) is 0 Å². The maximum atomic E-state index is 12.2. The first-order valence-corrected chi connectivity index (χ1v) is 6.14. The van der Waals surface area contributed by atoms with E-state index >= 15 is 0 Å². The minimum atomic E-state index is -0.589. The average Bonchev–Trinajstić information content (AvgIpc) is 2.49. The minimum absolute atomic E-state index is 0.176. The third kappa shape index (κ3) is 2.98. The third-order valence-corrected chi connectivity index (χ3v) is 3.13.